The highest BCUT2D eigenvalue weighted by molar-refractivity contribution is 14.1. The molecule has 1 nitrogen and oxygen atoms in total. The van der Waals surface area contributed by atoms with Gasteiger partial charge in [0.05, 0.1) is 0 Å². The predicted octanol–water partition coefficient (Wildman–Crippen LogP) is 3.29. The van der Waals surface area contributed by atoms with Crippen molar-refractivity contribution in [3.63, 3.8) is 0 Å². The number of hydrogen-bond acceptors (Lipinski definition) is 1. The normalized spacial score (nSPS) is 13.7. The molecule has 0 amide bonds. The number of halogens is 2. The van der Waals surface area contributed by atoms with E-state index in [0.29, 0.717) is 0 Å². The van der Waals surface area contributed by atoms with Crippen LogP contribution < -0.4 is 0 Å². The first-order valence-electron chi connectivity index (χ1n) is 2.36. The smallest absolute Gasteiger partial charge is 0.0217 e. The Kier molecular flexibility index (Phi) is 5.77. The summed E-state index contributed by atoms with van der Waals surface area (Å²) in [4.78, 5) is 0. The van der Waals surface area contributed by atoms with Crippen LogP contribution in [0.2, 0.25) is 0 Å². The lowest BCUT2D eigenvalue weighted by Gasteiger charge is -1.90. The molecule has 0 rings (SSSR count). The van der Waals surface area contributed by atoms with E-state index in [4.69, 9.17) is 5.41 Å². The van der Waals surface area contributed by atoms with Crippen LogP contribution in [-0.2, 0) is 0 Å². The lowest BCUT2D eigenvalue weighted by molar-refractivity contribution is 1.50. The van der Waals surface area contributed by atoms with Crippen LogP contribution in [0.25, 0.3) is 0 Å². The Morgan fingerprint density at radius 1 is 1.56 bits per heavy atom. The Morgan fingerprint density at radius 2 is 2.11 bits per heavy atom. The third-order valence-electron chi connectivity index (χ3n) is 0.803. The third-order valence-corrected chi connectivity index (χ3v) is 2.37. The van der Waals surface area contributed by atoms with Crippen LogP contribution in [0.15, 0.2) is 19.3 Å². The Balaban J connectivity index is 4.27. The molecular formula is C6H7I2N. The van der Waals surface area contributed by atoms with Crippen LogP contribution in [-0.4, -0.2) is 6.21 Å². The molecule has 0 unspecified atom stereocenters. The maximum absolute atomic E-state index is 6.89. The summed E-state index contributed by atoms with van der Waals surface area (Å²) in [7, 11) is 0. The first kappa shape index (κ1) is 9.61. The monoisotopic (exact) mass is 347 g/mol. The molecule has 0 aromatic heterocycles. The molecule has 0 aliphatic heterocycles. The molecule has 0 spiro atoms. The van der Waals surface area contributed by atoms with Gasteiger partial charge in [0.25, 0.3) is 0 Å². The molecule has 0 radical (unpaired) electrons. The molecule has 0 aromatic carbocycles. The molecule has 0 saturated heterocycles. The summed E-state index contributed by atoms with van der Waals surface area (Å²) in [6, 6.07) is 0. The fraction of sp³-hybridized carbons (Fsp3) is 0.167. The average Bonchev–Trinajstić information content (AvgIpc) is 1.87. The number of nitrogens with one attached hydrogen (secondary N) is 1. The van der Waals surface area contributed by atoms with Crippen molar-refractivity contribution >= 4 is 51.4 Å². The van der Waals surface area contributed by atoms with Gasteiger partial charge in [-0.2, -0.15) is 0 Å². The minimum absolute atomic E-state index is 1.00. The number of hydrogen-bond donors (Lipinski definition) is 1. The van der Waals surface area contributed by atoms with Gasteiger partial charge >= 0.3 is 0 Å². The van der Waals surface area contributed by atoms with Crippen LogP contribution in [0.5, 0.6) is 0 Å². The molecule has 3 heteroatoms. The van der Waals surface area contributed by atoms with E-state index in [0.717, 1.165) is 9.15 Å². The minimum atomic E-state index is 1.00. The minimum Gasteiger partial charge on any atom is -0.308 e. The second-order valence-electron chi connectivity index (χ2n) is 1.47. The van der Waals surface area contributed by atoms with E-state index in [1.807, 2.05) is 17.1 Å². The highest BCUT2D eigenvalue weighted by atomic mass is 127. The summed E-state index contributed by atoms with van der Waals surface area (Å²) in [6.45, 7) is 1.92. The van der Waals surface area contributed by atoms with Crippen LogP contribution in [0.1, 0.15) is 6.92 Å². The zero-order valence-electron chi connectivity index (χ0n) is 4.99. The fourth-order valence-electron chi connectivity index (χ4n) is 0.256. The Bertz CT molecular complexity index is 158. The van der Waals surface area contributed by atoms with Gasteiger partial charge < -0.3 is 5.41 Å². The van der Waals surface area contributed by atoms with Gasteiger partial charge in [-0.3, -0.25) is 0 Å². The van der Waals surface area contributed by atoms with Crippen molar-refractivity contribution in [3.05, 3.63) is 19.3 Å². The van der Waals surface area contributed by atoms with Crippen molar-refractivity contribution < 1.29 is 0 Å². The van der Waals surface area contributed by atoms with Crippen LogP contribution in [0, 0.1) is 5.41 Å². The summed E-state index contributed by atoms with van der Waals surface area (Å²) in [5.41, 5.74) is 1.00. The van der Waals surface area contributed by atoms with Gasteiger partial charge in [-0.25, -0.2) is 0 Å². The third kappa shape index (κ3) is 4.07. The van der Waals surface area contributed by atoms with Crippen molar-refractivity contribution in [2.45, 2.75) is 6.92 Å². The van der Waals surface area contributed by atoms with Gasteiger partial charge in [-0.05, 0) is 45.2 Å². The Hall–Kier alpha value is 0.610. The standard InChI is InChI=1S/C6H7I2N/c1-5(4-9)6(8)2-3-7/h2-4,9H,1H3/b3-2-,6-5+,9-4?. The fourth-order valence-corrected chi connectivity index (χ4v) is 1.64. The van der Waals surface area contributed by atoms with Crippen molar-refractivity contribution in [3.8, 4) is 0 Å². The second-order valence-corrected chi connectivity index (χ2v) is 3.35. The van der Waals surface area contributed by atoms with Crippen LogP contribution in [0.3, 0.4) is 0 Å². The van der Waals surface area contributed by atoms with Crippen LogP contribution in [0.4, 0.5) is 0 Å². The van der Waals surface area contributed by atoms with E-state index in [2.05, 4.69) is 45.2 Å². The van der Waals surface area contributed by atoms with Gasteiger partial charge in [-0.15, -0.1) is 0 Å². The SMILES string of the molecule is C/C(C=N)=C(I)/C=C\I. The van der Waals surface area contributed by atoms with E-state index in [1.54, 1.807) is 0 Å². The average molecular weight is 347 g/mol. The Labute approximate surface area is 82.4 Å². The molecule has 50 valence electrons. The van der Waals surface area contributed by atoms with E-state index in [1.165, 1.54) is 6.21 Å². The maximum Gasteiger partial charge on any atom is 0.0217 e. The molecule has 0 atom stereocenters. The van der Waals surface area contributed by atoms with Crippen molar-refractivity contribution in [2.75, 3.05) is 0 Å². The van der Waals surface area contributed by atoms with E-state index in [-0.39, 0.29) is 0 Å². The van der Waals surface area contributed by atoms with Gasteiger partial charge in [0.1, 0.15) is 0 Å². The molecular weight excluding hydrogens is 340 g/mol. The molecule has 0 bridgehead atoms. The first-order valence-corrected chi connectivity index (χ1v) is 4.68. The van der Waals surface area contributed by atoms with Gasteiger partial charge in [0.15, 0.2) is 0 Å². The molecule has 9 heavy (non-hydrogen) atoms. The topological polar surface area (TPSA) is 23.9 Å². The second kappa shape index (κ2) is 5.40. The quantitative estimate of drug-likeness (QED) is 0.450. The zero-order valence-corrected chi connectivity index (χ0v) is 9.30. The molecule has 0 aliphatic rings. The summed E-state index contributed by atoms with van der Waals surface area (Å²) >= 11 is 4.36. The van der Waals surface area contributed by atoms with Crippen LogP contribution >= 0.6 is 45.2 Å². The van der Waals surface area contributed by atoms with Gasteiger partial charge in [-0.1, -0.05) is 22.6 Å². The molecule has 1 N–H and O–H groups in total. The predicted molar refractivity (Wildman–Crippen MR) is 58.7 cm³/mol. The summed E-state index contributed by atoms with van der Waals surface area (Å²) in [6.07, 6.45) is 3.33. The molecule has 0 aliphatic carbocycles. The molecule has 0 heterocycles. The van der Waals surface area contributed by atoms with Crippen molar-refractivity contribution in [1.29, 1.82) is 5.41 Å². The van der Waals surface area contributed by atoms with E-state index in [9.17, 15) is 0 Å². The molecule has 0 saturated carbocycles. The molecule has 0 aromatic rings. The highest BCUT2D eigenvalue weighted by Crippen LogP contribution is 2.12. The summed E-state index contributed by atoms with van der Waals surface area (Å²) in [5, 5.41) is 6.89. The molecule has 0 fully saturated rings. The number of allylic oxidation sites excluding steroid dienone is 3. The van der Waals surface area contributed by atoms with E-state index >= 15 is 0 Å². The zero-order chi connectivity index (χ0) is 7.28. The van der Waals surface area contributed by atoms with Crippen molar-refractivity contribution in [1.82, 2.24) is 0 Å². The van der Waals surface area contributed by atoms with Crippen molar-refractivity contribution in [2.24, 2.45) is 0 Å². The largest absolute Gasteiger partial charge is 0.308 e. The summed E-state index contributed by atoms with van der Waals surface area (Å²) < 4.78 is 3.06. The highest BCUT2D eigenvalue weighted by Gasteiger charge is 1.87. The van der Waals surface area contributed by atoms with E-state index < -0.39 is 0 Å². The maximum atomic E-state index is 6.89. The van der Waals surface area contributed by atoms with Gasteiger partial charge in [0, 0.05) is 9.79 Å². The lowest BCUT2D eigenvalue weighted by atomic mass is 10.3. The summed E-state index contributed by atoms with van der Waals surface area (Å²) in [5.74, 6) is 0. The van der Waals surface area contributed by atoms with Gasteiger partial charge in [0.2, 0.25) is 0 Å². The first-order chi connectivity index (χ1) is 4.22. The lowest BCUT2D eigenvalue weighted by Crippen LogP contribution is -1.75. The Morgan fingerprint density at radius 3 is 2.44 bits per heavy atom. The number of rotatable bonds is 2.